The number of carboxylic acid groups (broad SMARTS) is 1. The molecule has 3 N–H and O–H groups in total. The van der Waals surface area contributed by atoms with Gasteiger partial charge in [-0.05, 0) is 56.2 Å². The summed E-state index contributed by atoms with van der Waals surface area (Å²) in [5.41, 5.74) is 3.09. The maximum absolute atomic E-state index is 12.0. The Morgan fingerprint density at radius 2 is 1.82 bits per heavy atom. The highest BCUT2D eigenvalue weighted by atomic mass is 16.7. The predicted molar refractivity (Wildman–Crippen MR) is 125 cm³/mol. The van der Waals surface area contributed by atoms with Crippen molar-refractivity contribution < 1.29 is 29.3 Å². The number of aromatic hydroxyl groups is 1. The van der Waals surface area contributed by atoms with Crippen molar-refractivity contribution >= 4 is 28.4 Å². The van der Waals surface area contributed by atoms with Crippen molar-refractivity contribution in [1.29, 1.82) is 0 Å². The van der Waals surface area contributed by atoms with Gasteiger partial charge in [0.05, 0.1) is 23.9 Å². The first-order valence-corrected chi connectivity index (χ1v) is 11.2. The number of Topliss-reactive ketones (excluding diaryl/α,β-unsaturated/α-hetero) is 1. The molecule has 1 fully saturated rings. The third kappa shape index (κ3) is 4.22. The Morgan fingerprint density at radius 1 is 1.09 bits per heavy atom. The molecule has 0 amide bonds. The predicted octanol–water partition coefficient (Wildman–Crippen LogP) is 3.19. The summed E-state index contributed by atoms with van der Waals surface area (Å²) in [7, 11) is 0. The first-order valence-electron chi connectivity index (χ1n) is 11.2. The molecule has 0 aliphatic carbocycles. The fourth-order valence-electron chi connectivity index (χ4n) is 4.54. The van der Waals surface area contributed by atoms with Crippen LogP contribution in [-0.4, -0.2) is 70.0 Å². The molecule has 1 aromatic heterocycles. The lowest BCUT2D eigenvalue weighted by Gasteiger charge is -2.29. The number of rotatable bonds is 6. The lowest BCUT2D eigenvalue weighted by atomic mass is 9.97. The second-order valence-electron chi connectivity index (χ2n) is 8.61. The molecule has 0 bridgehead atoms. The number of aliphatic imine (C=N–C) groups is 1. The molecule has 1 saturated heterocycles. The molecule has 0 radical (unpaired) electrons. The molecule has 0 atom stereocenters. The normalized spacial score (nSPS) is 16.8. The minimum atomic E-state index is -0.840. The molecule has 3 heterocycles. The quantitative estimate of drug-likeness (QED) is 0.379. The van der Waals surface area contributed by atoms with Crippen molar-refractivity contribution in [3.8, 4) is 17.4 Å². The molecule has 2 aliphatic rings. The van der Waals surface area contributed by atoms with E-state index in [1.54, 1.807) is 18.2 Å². The summed E-state index contributed by atoms with van der Waals surface area (Å²) in [4.78, 5) is 33.0. The van der Waals surface area contributed by atoms with Crippen LogP contribution in [0.25, 0.3) is 10.9 Å². The number of aromatic nitrogens is 1. The van der Waals surface area contributed by atoms with Gasteiger partial charge in [-0.25, -0.2) is 0 Å². The van der Waals surface area contributed by atoms with Crippen LogP contribution in [0.4, 0.5) is 0 Å². The summed E-state index contributed by atoms with van der Waals surface area (Å²) in [6.45, 7) is 2.92. The molecule has 9 nitrogen and oxygen atoms in total. The molecular weight excluding hydrogens is 438 g/mol. The van der Waals surface area contributed by atoms with Gasteiger partial charge in [-0.1, -0.05) is 0 Å². The monoisotopic (exact) mass is 463 g/mol. The largest absolute Gasteiger partial charge is 0.494 e. The highest BCUT2D eigenvalue weighted by Gasteiger charge is 2.25. The summed E-state index contributed by atoms with van der Waals surface area (Å²) in [5.74, 6) is 0.307. The van der Waals surface area contributed by atoms with Crippen LogP contribution in [0.15, 0.2) is 41.4 Å². The van der Waals surface area contributed by atoms with Crippen LogP contribution in [0.3, 0.4) is 0 Å². The van der Waals surface area contributed by atoms with E-state index in [4.69, 9.17) is 19.6 Å². The first-order chi connectivity index (χ1) is 16.4. The number of piperidine rings is 1. The van der Waals surface area contributed by atoms with Gasteiger partial charge in [-0.3, -0.25) is 19.5 Å². The molecule has 2 aliphatic heterocycles. The van der Waals surface area contributed by atoms with Crippen LogP contribution in [0.1, 0.15) is 41.3 Å². The van der Waals surface area contributed by atoms with Gasteiger partial charge in [0, 0.05) is 35.1 Å². The fourth-order valence-corrected chi connectivity index (χ4v) is 4.54. The molecule has 0 saturated carbocycles. The maximum Gasteiger partial charge on any atom is 0.317 e. The Balaban J connectivity index is 1.59. The van der Waals surface area contributed by atoms with Crippen molar-refractivity contribution in [2.45, 2.75) is 25.8 Å². The molecule has 0 spiro atoms. The van der Waals surface area contributed by atoms with Gasteiger partial charge in [0.1, 0.15) is 0 Å². The molecule has 5 rings (SSSR count). The average molecular weight is 463 g/mol. The highest BCUT2D eigenvalue weighted by molar-refractivity contribution is 6.22. The number of hydrogen-bond acceptors (Lipinski definition) is 7. The Hall–Kier alpha value is -3.85. The van der Waals surface area contributed by atoms with Crippen molar-refractivity contribution in [2.75, 3.05) is 26.4 Å². The number of carbonyl (C=O) groups excluding carboxylic acids is 1. The zero-order chi connectivity index (χ0) is 23.8. The molecule has 2 aromatic carbocycles. The van der Waals surface area contributed by atoms with Crippen LogP contribution in [0.2, 0.25) is 0 Å². The number of nitrogens with zero attached hydrogens (tertiary/aromatic N) is 2. The summed E-state index contributed by atoms with van der Waals surface area (Å²) < 4.78 is 11.0. The van der Waals surface area contributed by atoms with E-state index in [2.05, 4.69) is 4.98 Å². The summed E-state index contributed by atoms with van der Waals surface area (Å²) in [6, 6.07) is 10.7. The van der Waals surface area contributed by atoms with E-state index in [0.717, 1.165) is 5.56 Å². The third-order valence-electron chi connectivity index (χ3n) is 6.30. The number of carbonyl (C=O) groups is 2. The number of carboxylic acids is 1. The average Bonchev–Trinajstić information content (AvgIpc) is 3.40. The topological polar surface area (TPSA) is 124 Å². The van der Waals surface area contributed by atoms with E-state index in [0.29, 0.717) is 65.2 Å². The van der Waals surface area contributed by atoms with Crippen molar-refractivity contribution in [3.63, 3.8) is 0 Å². The van der Waals surface area contributed by atoms with Crippen molar-refractivity contribution in [2.24, 2.45) is 4.99 Å². The number of hydrogen-bond donors (Lipinski definition) is 3. The third-order valence-corrected chi connectivity index (χ3v) is 6.30. The zero-order valence-corrected chi connectivity index (χ0v) is 18.7. The van der Waals surface area contributed by atoms with E-state index in [1.807, 2.05) is 23.1 Å². The first kappa shape index (κ1) is 22.0. The van der Waals surface area contributed by atoms with E-state index in [1.165, 1.54) is 6.92 Å². The number of nitrogens with one attached hydrogen (secondary N) is 1. The molecule has 176 valence electrons. The van der Waals surface area contributed by atoms with Crippen LogP contribution in [0, 0.1) is 0 Å². The van der Waals surface area contributed by atoms with Gasteiger partial charge in [0.15, 0.2) is 23.2 Å². The van der Waals surface area contributed by atoms with Crippen LogP contribution >= 0.6 is 0 Å². The summed E-state index contributed by atoms with van der Waals surface area (Å²) in [5, 5.41) is 20.7. The number of likely N-dealkylation sites (tertiary alicyclic amines) is 1. The number of fused-ring (bicyclic) bond motifs is 2. The summed E-state index contributed by atoms with van der Waals surface area (Å²) >= 11 is 0. The number of ether oxygens (including phenoxy) is 2. The second-order valence-corrected chi connectivity index (χ2v) is 8.61. The van der Waals surface area contributed by atoms with E-state index < -0.39 is 5.97 Å². The molecule has 0 unspecified atom stereocenters. The van der Waals surface area contributed by atoms with E-state index >= 15 is 0 Å². The van der Waals surface area contributed by atoms with Crippen LogP contribution in [0.5, 0.6) is 17.4 Å². The molecule has 3 aromatic rings. The Labute approximate surface area is 195 Å². The van der Waals surface area contributed by atoms with Crippen LogP contribution in [-0.2, 0) is 4.79 Å². The number of H-pyrrole nitrogens is 1. The lowest BCUT2D eigenvalue weighted by Crippen LogP contribution is -2.38. The number of ketones is 1. The Bertz CT molecular complexity index is 1300. The van der Waals surface area contributed by atoms with Gasteiger partial charge in [-0.2, -0.15) is 0 Å². The fraction of sp³-hybridized carbons (Fsp3) is 0.320. The van der Waals surface area contributed by atoms with Crippen molar-refractivity contribution in [1.82, 2.24) is 9.88 Å². The number of benzene rings is 2. The van der Waals surface area contributed by atoms with E-state index in [-0.39, 0.29) is 31.0 Å². The van der Waals surface area contributed by atoms with Gasteiger partial charge >= 0.3 is 5.97 Å². The van der Waals surface area contributed by atoms with Gasteiger partial charge < -0.3 is 24.7 Å². The SMILES string of the molecule is CC(=O)c1ccc2[nH]c(O)c(C(=NC3CCN(CC(=O)O)CC3)c3ccc4c(c3)OCO4)c2c1. The zero-order valence-electron chi connectivity index (χ0n) is 18.7. The minimum absolute atomic E-state index is 0.0164. The van der Waals surface area contributed by atoms with Gasteiger partial charge in [0.2, 0.25) is 6.79 Å². The summed E-state index contributed by atoms with van der Waals surface area (Å²) in [6.07, 6.45) is 1.40. The second kappa shape index (κ2) is 8.83. The Morgan fingerprint density at radius 3 is 2.56 bits per heavy atom. The molecule has 34 heavy (non-hydrogen) atoms. The number of aliphatic carboxylic acids is 1. The smallest absolute Gasteiger partial charge is 0.317 e. The number of aromatic amines is 1. The van der Waals surface area contributed by atoms with Gasteiger partial charge in [-0.15, -0.1) is 0 Å². The van der Waals surface area contributed by atoms with Crippen LogP contribution < -0.4 is 9.47 Å². The highest BCUT2D eigenvalue weighted by Crippen LogP contribution is 2.36. The standard InChI is InChI=1S/C25H25N3O6/c1-14(29)15-2-4-19-18(10-15)23(25(32)27-19)24(16-3-5-20-21(11-16)34-13-33-20)26-17-6-8-28(9-7-17)12-22(30)31/h2-5,10-11,17,27,32H,6-9,12-13H2,1H3,(H,30,31). The Kier molecular flexibility index (Phi) is 5.70. The molecular formula is C25H25N3O6. The van der Waals surface area contributed by atoms with Gasteiger partial charge in [0.25, 0.3) is 0 Å². The molecule has 9 heteroatoms. The van der Waals surface area contributed by atoms with E-state index in [9.17, 15) is 14.7 Å². The minimum Gasteiger partial charge on any atom is -0.494 e. The van der Waals surface area contributed by atoms with Crippen molar-refractivity contribution in [3.05, 3.63) is 53.1 Å². The lowest BCUT2D eigenvalue weighted by molar-refractivity contribution is -0.138. The maximum atomic E-state index is 12.0.